The minimum absolute atomic E-state index is 0.127. The molecule has 0 aromatic carbocycles. The molecule has 0 radical (unpaired) electrons. The molecule has 18 heavy (non-hydrogen) atoms. The van der Waals surface area contributed by atoms with Crippen molar-refractivity contribution in [3.8, 4) is 0 Å². The molecule has 1 fully saturated rings. The average molecular weight is 257 g/mol. The van der Waals surface area contributed by atoms with Gasteiger partial charge in [0.05, 0.1) is 13.2 Å². The molecule has 1 aliphatic rings. The van der Waals surface area contributed by atoms with Crippen LogP contribution in [0.1, 0.15) is 26.2 Å². The minimum Gasteiger partial charge on any atom is -0.378 e. The van der Waals surface area contributed by atoms with Crippen molar-refractivity contribution in [3.63, 3.8) is 0 Å². The van der Waals surface area contributed by atoms with Gasteiger partial charge in [0.15, 0.2) is 0 Å². The highest BCUT2D eigenvalue weighted by molar-refractivity contribution is 5.79. The third-order valence-corrected chi connectivity index (χ3v) is 3.59. The number of rotatable bonds is 7. The lowest BCUT2D eigenvalue weighted by atomic mass is 9.78. The van der Waals surface area contributed by atoms with E-state index in [1.54, 1.807) is 0 Å². The van der Waals surface area contributed by atoms with E-state index in [2.05, 4.69) is 17.6 Å². The first-order chi connectivity index (χ1) is 8.65. The van der Waals surface area contributed by atoms with Crippen molar-refractivity contribution in [2.45, 2.75) is 32.2 Å². The average Bonchev–Trinajstić information content (AvgIpc) is 2.33. The Bertz CT molecular complexity index is 248. The van der Waals surface area contributed by atoms with Crippen molar-refractivity contribution in [1.29, 1.82) is 0 Å². The van der Waals surface area contributed by atoms with Gasteiger partial charge in [-0.25, -0.2) is 0 Å². The van der Waals surface area contributed by atoms with Crippen molar-refractivity contribution in [3.05, 3.63) is 0 Å². The van der Waals surface area contributed by atoms with E-state index in [0.29, 0.717) is 25.7 Å². The molecule has 0 bridgehead atoms. The Kier molecular flexibility index (Phi) is 7.23. The van der Waals surface area contributed by atoms with Crippen LogP contribution in [0.4, 0.5) is 0 Å². The second-order valence-electron chi connectivity index (χ2n) is 5.16. The summed E-state index contributed by atoms with van der Waals surface area (Å²) in [5.41, 5.74) is 5.90. The topological polar surface area (TPSA) is 76.4 Å². The van der Waals surface area contributed by atoms with Gasteiger partial charge in [0.25, 0.3) is 0 Å². The Morgan fingerprint density at radius 2 is 2.06 bits per heavy atom. The van der Waals surface area contributed by atoms with Crippen molar-refractivity contribution >= 4 is 5.91 Å². The number of carbonyl (C=O) groups excluding carboxylic acids is 1. The fourth-order valence-electron chi connectivity index (χ4n) is 2.48. The van der Waals surface area contributed by atoms with Gasteiger partial charge in [-0.3, -0.25) is 4.79 Å². The van der Waals surface area contributed by atoms with Crippen LogP contribution in [0.2, 0.25) is 0 Å². The smallest absolute Gasteiger partial charge is 0.223 e. The van der Waals surface area contributed by atoms with Crippen LogP contribution in [-0.4, -0.2) is 45.3 Å². The maximum Gasteiger partial charge on any atom is 0.223 e. The van der Waals surface area contributed by atoms with Gasteiger partial charge >= 0.3 is 0 Å². The molecule has 0 saturated heterocycles. The Labute approximate surface area is 110 Å². The molecule has 1 aliphatic carbocycles. The zero-order valence-corrected chi connectivity index (χ0v) is 11.6. The van der Waals surface area contributed by atoms with Crippen LogP contribution in [-0.2, 0) is 9.53 Å². The quantitative estimate of drug-likeness (QED) is 0.566. The predicted octanol–water partition coefficient (Wildman–Crippen LogP) is 0.102. The molecule has 0 heterocycles. The van der Waals surface area contributed by atoms with Gasteiger partial charge in [-0.2, -0.15) is 0 Å². The lowest BCUT2D eigenvalue weighted by Gasteiger charge is -2.31. The number of nitrogens with one attached hydrogen (secondary N) is 2. The van der Waals surface area contributed by atoms with Crippen LogP contribution < -0.4 is 16.4 Å². The molecule has 3 unspecified atom stereocenters. The summed E-state index contributed by atoms with van der Waals surface area (Å²) >= 11 is 0. The summed E-state index contributed by atoms with van der Waals surface area (Å²) in [6, 6.07) is 0.272. The lowest BCUT2D eigenvalue weighted by Crippen LogP contribution is -2.41. The molecule has 0 aromatic rings. The number of hydrogen-bond acceptors (Lipinski definition) is 4. The molecule has 5 heteroatoms. The zero-order chi connectivity index (χ0) is 13.4. The Balaban J connectivity index is 2.12. The molecular formula is C13H27N3O2. The predicted molar refractivity (Wildman–Crippen MR) is 72.2 cm³/mol. The number of amides is 1. The van der Waals surface area contributed by atoms with Crippen molar-refractivity contribution in [2.75, 3.05) is 33.4 Å². The molecular weight excluding hydrogens is 230 g/mol. The van der Waals surface area contributed by atoms with Crippen LogP contribution in [0.15, 0.2) is 0 Å². The van der Waals surface area contributed by atoms with Gasteiger partial charge < -0.3 is 21.1 Å². The largest absolute Gasteiger partial charge is 0.378 e. The van der Waals surface area contributed by atoms with E-state index < -0.39 is 0 Å². The number of nitrogens with two attached hydrogens (primary N) is 1. The van der Waals surface area contributed by atoms with Gasteiger partial charge in [-0.15, -0.1) is 0 Å². The fraction of sp³-hybridized carbons (Fsp3) is 0.923. The molecule has 106 valence electrons. The van der Waals surface area contributed by atoms with E-state index in [4.69, 9.17) is 10.5 Å². The summed E-state index contributed by atoms with van der Waals surface area (Å²) in [5.74, 6) is 0.674. The SMILES string of the molecule is CNCCOCCNC(=O)C1CCC(N)CC1C. The highest BCUT2D eigenvalue weighted by atomic mass is 16.5. The first-order valence-electron chi connectivity index (χ1n) is 6.90. The van der Waals surface area contributed by atoms with E-state index in [1.807, 2.05) is 7.05 Å². The first kappa shape index (κ1) is 15.4. The van der Waals surface area contributed by atoms with Crippen LogP contribution in [0.5, 0.6) is 0 Å². The second kappa shape index (κ2) is 8.45. The molecule has 1 saturated carbocycles. The van der Waals surface area contributed by atoms with Crippen LogP contribution >= 0.6 is 0 Å². The lowest BCUT2D eigenvalue weighted by molar-refractivity contribution is -0.127. The monoisotopic (exact) mass is 257 g/mol. The third kappa shape index (κ3) is 5.33. The zero-order valence-electron chi connectivity index (χ0n) is 11.6. The van der Waals surface area contributed by atoms with Gasteiger partial charge in [0, 0.05) is 25.0 Å². The van der Waals surface area contributed by atoms with Gasteiger partial charge in [0.1, 0.15) is 0 Å². The van der Waals surface area contributed by atoms with E-state index in [0.717, 1.165) is 25.8 Å². The van der Waals surface area contributed by atoms with Crippen LogP contribution in [0, 0.1) is 11.8 Å². The Hall–Kier alpha value is -0.650. The second-order valence-corrected chi connectivity index (χ2v) is 5.16. The molecule has 1 amide bonds. The van der Waals surface area contributed by atoms with Gasteiger partial charge in [0.2, 0.25) is 5.91 Å². The Morgan fingerprint density at radius 1 is 1.33 bits per heavy atom. The van der Waals surface area contributed by atoms with E-state index >= 15 is 0 Å². The number of likely N-dealkylation sites (N-methyl/N-ethyl adjacent to an activating group) is 1. The summed E-state index contributed by atoms with van der Waals surface area (Å²) in [6.07, 6.45) is 2.83. The molecule has 0 aliphatic heterocycles. The highest BCUT2D eigenvalue weighted by Gasteiger charge is 2.30. The van der Waals surface area contributed by atoms with Crippen LogP contribution in [0.25, 0.3) is 0 Å². The minimum atomic E-state index is 0.127. The number of hydrogen-bond donors (Lipinski definition) is 3. The first-order valence-corrected chi connectivity index (χ1v) is 6.90. The van der Waals surface area contributed by atoms with E-state index in [-0.39, 0.29) is 17.9 Å². The maximum absolute atomic E-state index is 12.0. The summed E-state index contributed by atoms with van der Waals surface area (Å²) < 4.78 is 5.36. The van der Waals surface area contributed by atoms with Crippen molar-refractivity contribution in [1.82, 2.24) is 10.6 Å². The summed E-state index contributed by atoms with van der Waals surface area (Å²) in [4.78, 5) is 12.0. The molecule has 0 aromatic heterocycles. The van der Waals surface area contributed by atoms with Crippen molar-refractivity contribution < 1.29 is 9.53 Å². The van der Waals surface area contributed by atoms with Crippen LogP contribution in [0.3, 0.4) is 0 Å². The summed E-state index contributed by atoms with van der Waals surface area (Å²) in [5, 5.41) is 5.95. The highest BCUT2D eigenvalue weighted by Crippen LogP contribution is 2.28. The summed E-state index contributed by atoms with van der Waals surface area (Å²) in [7, 11) is 1.89. The summed E-state index contributed by atoms with van der Waals surface area (Å²) in [6.45, 7) is 4.81. The van der Waals surface area contributed by atoms with Gasteiger partial charge in [-0.1, -0.05) is 6.92 Å². The number of carbonyl (C=O) groups is 1. The fourth-order valence-corrected chi connectivity index (χ4v) is 2.48. The van der Waals surface area contributed by atoms with E-state index in [9.17, 15) is 4.79 Å². The molecule has 1 rings (SSSR count). The molecule has 4 N–H and O–H groups in total. The molecule has 5 nitrogen and oxygen atoms in total. The number of ether oxygens (including phenoxy) is 1. The third-order valence-electron chi connectivity index (χ3n) is 3.59. The standard InChI is InChI=1S/C13H27N3O2/c1-10-9-11(14)3-4-12(10)13(17)16-6-8-18-7-5-15-2/h10-12,15H,3-9,14H2,1-2H3,(H,16,17). The molecule has 0 spiro atoms. The maximum atomic E-state index is 12.0. The van der Waals surface area contributed by atoms with Crippen molar-refractivity contribution in [2.24, 2.45) is 17.6 Å². The normalized spacial score (nSPS) is 28.1. The van der Waals surface area contributed by atoms with E-state index in [1.165, 1.54) is 0 Å². The molecule has 3 atom stereocenters. The van der Waals surface area contributed by atoms with Gasteiger partial charge in [-0.05, 0) is 32.2 Å². The Morgan fingerprint density at radius 3 is 2.72 bits per heavy atom.